The van der Waals surface area contributed by atoms with Crippen molar-refractivity contribution in [3.63, 3.8) is 0 Å². The van der Waals surface area contributed by atoms with E-state index in [4.69, 9.17) is 0 Å². The van der Waals surface area contributed by atoms with Gasteiger partial charge >= 0.3 is 0 Å². The summed E-state index contributed by atoms with van der Waals surface area (Å²) >= 11 is 0. The van der Waals surface area contributed by atoms with Crippen molar-refractivity contribution >= 4 is 27.5 Å². The van der Waals surface area contributed by atoms with Crippen LogP contribution in [-0.4, -0.2) is 44.2 Å². The third-order valence-corrected chi connectivity index (χ3v) is 5.71. The first kappa shape index (κ1) is 15.9. The van der Waals surface area contributed by atoms with Crippen LogP contribution in [0.15, 0.2) is 41.3 Å². The van der Waals surface area contributed by atoms with E-state index in [9.17, 15) is 13.8 Å². The summed E-state index contributed by atoms with van der Waals surface area (Å²) in [6.45, 7) is 3.14. The van der Waals surface area contributed by atoms with E-state index in [1.54, 1.807) is 17.2 Å². The van der Waals surface area contributed by atoms with E-state index in [0.29, 0.717) is 30.0 Å². The van der Waals surface area contributed by atoms with Gasteiger partial charge < -0.3 is 9.47 Å². The number of hydrogen-bond acceptors (Lipinski definition) is 3. The molecule has 2 heterocycles. The second-order valence-corrected chi connectivity index (χ2v) is 7.71. The molecular weight excluding hydrogens is 312 g/mol. The lowest BCUT2D eigenvalue weighted by Crippen LogP contribution is -2.39. The van der Waals surface area contributed by atoms with Crippen LogP contribution in [-0.2, 0) is 22.1 Å². The van der Waals surface area contributed by atoms with Crippen molar-refractivity contribution < 1.29 is 9.00 Å². The molecule has 23 heavy (non-hydrogen) atoms. The Morgan fingerprint density at radius 2 is 2.09 bits per heavy atom. The number of aromatic nitrogens is 1. The fraction of sp³-hybridized carbons (Fsp3) is 0.412. The molecule has 0 aliphatic carbocycles. The van der Waals surface area contributed by atoms with Crippen LogP contribution in [0.5, 0.6) is 0 Å². The normalized spacial score (nSPS) is 22.0. The lowest BCUT2D eigenvalue weighted by Gasteiger charge is -2.22. The number of pyridine rings is 1. The van der Waals surface area contributed by atoms with Gasteiger partial charge in [-0.05, 0) is 23.4 Å². The van der Waals surface area contributed by atoms with E-state index in [1.807, 2.05) is 31.2 Å². The van der Waals surface area contributed by atoms with Gasteiger partial charge in [0.1, 0.15) is 6.54 Å². The average molecular weight is 332 g/mol. The maximum absolute atomic E-state index is 12.5. The van der Waals surface area contributed by atoms with Crippen LogP contribution < -0.4 is 5.56 Å². The Balaban J connectivity index is 1.81. The quantitative estimate of drug-likeness (QED) is 0.831. The average Bonchev–Trinajstić information content (AvgIpc) is 2.70. The molecule has 1 aromatic heterocycles. The van der Waals surface area contributed by atoms with Crippen molar-refractivity contribution in [1.82, 2.24) is 9.47 Å². The highest BCUT2D eigenvalue weighted by atomic mass is 32.2. The van der Waals surface area contributed by atoms with Gasteiger partial charge in [-0.2, -0.15) is 0 Å². The first-order valence-electron chi connectivity index (χ1n) is 7.75. The van der Waals surface area contributed by atoms with E-state index in [-0.39, 0.29) is 23.9 Å². The van der Waals surface area contributed by atoms with Gasteiger partial charge in [0.25, 0.3) is 5.56 Å². The first-order chi connectivity index (χ1) is 11.0. The minimum atomic E-state index is -0.857. The van der Waals surface area contributed by atoms with Crippen LogP contribution in [0.2, 0.25) is 0 Å². The van der Waals surface area contributed by atoms with Gasteiger partial charge in [0.05, 0.1) is 0 Å². The largest absolute Gasteiger partial charge is 0.340 e. The van der Waals surface area contributed by atoms with Gasteiger partial charge in [0.15, 0.2) is 0 Å². The van der Waals surface area contributed by atoms with Gasteiger partial charge in [-0.3, -0.25) is 13.8 Å². The predicted octanol–water partition coefficient (Wildman–Crippen LogP) is 1.23. The van der Waals surface area contributed by atoms with Crippen molar-refractivity contribution in [2.75, 3.05) is 24.6 Å². The standard InChI is InChI=1S/C17H20N2O3S/c1-13-10-18(8-9-23(22)12-13)16(20)11-19-7-6-14-4-2-3-5-15(14)17(19)21/h2-7,13H,8-12H2,1H3/t13-,23-/m0/s1. The molecule has 0 saturated carbocycles. The fourth-order valence-corrected chi connectivity index (χ4v) is 4.29. The SMILES string of the molecule is C[C@H]1CN(C(=O)Cn2ccc3ccccc3c2=O)CC[S@](=O)C1. The minimum Gasteiger partial charge on any atom is -0.340 e. The van der Waals surface area contributed by atoms with E-state index >= 15 is 0 Å². The van der Waals surface area contributed by atoms with E-state index in [2.05, 4.69) is 0 Å². The molecule has 0 bridgehead atoms. The third kappa shape index (κ3) is 3.52. The molecule has 0 spiro atoms. The van der Waals surface area contributed by atoms with Crippen LogP contribution in [0.25, 0.3) is 10.8 Å². The first-order valence-corrected chi connectivity index (χ1v) is 9.24. The van der Waals surface area contributed by atoms with Gasteiger partial charge in [-0.1, -0.05) is 25.1 Å². The van der Waals surface area contributed by atoms with Gasteiger partial charge in [-0.25, -0.2) is 0 Å². The summed E-state index contributed by atoms with van der Waals surface area (Å²) in [4.78, 5) is 26.7. The minimum absolute atomic E-state index is 0.0308. The molecule has 0 radical (unpaired) electrons. The Kier molecular flexibility index (Phi) is 4.61. The summed E-state index contributed by atoms with van der Waals surface area (Å²) in [5.74, 6) is 1.28. The molecule has 1 amide bonds. The van der Waals surface area contributed by atoms with Crippen molar-refractivity contribution in [2.24, 2.45) is 5.92 Å². The molecule has 1 aromatic carbocycles. The Labute approximate surface area is 137 Å². The molecule has 1 aliphatic rings. The number of hydrogen-bond donors (Lipinski definition) is 0. The molecule has 1 saturated heterocycles. The fourth-order valence-electron chi connectivity index (χ4n) is 2.96. The molecule has 6 heteroatoms. The van der Waals surface area contributed by atoms with Gasteiger partial charge in [0.2, 0.25) is 5.91 Å². The lowest BCUT2D eigenvalue weighted by atomic mass is 10.2. The highest BCUT2D eigenvalue weighted by Crippen LogP contribution is 2.11. The summed E-state index contributed by atoms with van der Waals surface area (Å²) in [6, 6.07) is 9.21. The molecule has 2 aromatic rings. The van der Waals surface area contributed by atoms with E-state index < -0.39 is 10.8 Å². The highest BCUT2D eigenvalue weighted by molar-refractivity contribution is 7.85. The molecule has 0 unspecified atom stereocenters. The zero-order chi connectivity index (χ0) is 16.4. The molecule has 0 N–H and O–H groups in total. The van der Waals surface area contributed by atoms with Crippen LogP contribution in [0.4, 0.5) is 0 Å². The molecule has 5 nitrogen and oxygen atoms in total. The smallest absolute Gasteiger partial charge is 0.258 e. The maximum Gasteiger partial charge on any atom is 0.258 e. The molecule has 3 rings (SSSR count). The maximum atomic E-state index is 12.5. The third-order valence-electron chi connectivity index (χ3n) is 4.14. The number of fused-ring (bicyclic) bond motifs is 1. The van der Waals surface area contributed by atoms with Crippen LogP contribution >= 0.6 is 0 Å². The van der Waals surface area contributed by atoms with Gasteiger partial charge in [-0.15, -0.1) is 0 Å². The number of amides is 1. The number of rotatable bonds is 2. The number of benzene rings is 1. The Bertz CT molecular complexity index is 815. The Morgan fingerprint density at radius 1 is 1.30 bits per heavy atom. The second kappa shape index (κ2) is 6.66. The Hall–Kier alpha value is -1.95. The van der Waals surface area contributed by atoms with E-state index in [0.717, 1.165) is 5.39 Å². The summed E-state index contributed by atoms with van der Waals surface area (Å²) in [7, 11) is -0.857. The van der Waals surface area contributed by atoms with E-state index in [1.165, 1.54) is 4.57 Å². The van der Waals surface area contributed by atoms with Crippen LogP contribution in [0.3, 0.4) is 0 Å². The zero-order valence-electron chi connectivity index (χ0n) is 13.1. The summed E-state index contributed by atoms with van der Waals surface area (Å²) < 4.78 is 13.2. The van der Waals surface area contributed by atoms with Gasteiger partial charge in [0, 0.05) is 47.0 Å². The summed E-state index contributed by atoms with van der Waals surface area (Å²) in [5.41, 5.74) is -0.150. The molecular formula is C17H20N2O3S. The van der Waals surface area contributed by atoms with Crippen LogP contribution in [0.1, 0.15) is 6.92 Å². The Morgan fingerprint density at radius 3 is 2.91 bits per heavy atom. The molecule has 122 valence electrons. The zero-order valence-corrected chi connectivity index (χ0v) is 13.9. The van der Waals surface area contributed by atoms with Crippen molar-refractivity contribution in [1.29, 1.82) is 0 Å². The van der Waals surface area contributed by atoms with Crippen molar-refractivity contribution in [2.45, 2.75) is 13.5 Å². The van der Waals surface area contributed by atoms with Crippen molar-refractivity contribution in [3.05, 3.63) is 46.9 Å². The monoisotopic (exact) mass is 332 g/mol. The summed E-state index contributed by atoms with van der Waals surface area (Å²) in [5, 5.41) is 1.49. The summed E-state index contributed by atoms with van der Waals surface area (Å²) in [6.07, 6.45) is 1.67. The number of nitrogens with zero attached hydrogens (tertiary/aromatic N) is 2. The topological polar surface area (TPSA) is 59.4 Å². The predicted molar refractivity (Wildman–Crippen MR) is 91.8 cm³/mol. The number of carbonyl (C=O) groups is 1. The lowest BCUT2D eigenvalue weighted by molar-refractivity contribution is -0.132. The second-order valence-electron chi connectivity index (χ2n) is 6.09. The van der Waals surface area contributed by atoms with Crippen molar-refractivity contribution in [3.8, 4) is 0 Å². The molecule has 2 atom stereocenters. The molecule has 1 fully saturated rings. The number of carbonyl (C=O) groups excluding carboxylic acids is 1. The van der Waals surface area contributed by atoms with Crippen LogP contribution in [0, 0.1) is 5.92 Å². The highest BCUT2D eigenvalue weighted by Gasteiger charge is 2.23. The molecule has 1 aliphatic heterocycles.